The molecule has 23 heavy (non-hydrogen) atoms. The summed E-state index contributed by atoms with van der Waals surface area (Å²) in [6.07, 6.45) is 0. The summed E-state index contributed by atoms with van der Waals surface area (Å²) in [6, 6.07) is 16.0. The number of hydrogen-bond donors (Lipinski definition) is 1. The Morgan fingerprint density at radius 2 is 1.65 bits per heavy atom. The van der Waals surface area contributed by atoms with Gasteiger partial charge in [0.25, 0.3) is 5.91 Å². The number of benzene rings is 2. The van der Waals surface area contributed by atoms with Gasteiger partial charge in [-0.2, -0.15) is 0 Å². The number of esters is 1. The molecule has 0 aliphatic rings. The number of rotatable bonds is 7. The van der Waals surface area contributed by atoms with E-state index >= 15 is 0 Å². The van der Waals surface area contributed by atoms with Crippen LogP contribution < -0.4 is 10.1 Å². The van der Waals surface area contributed by atoms with E-state index in [-0.39, 0.29) is 19.1 Å². The van der Waals surface area contributed by atoms with Gasteiger partial charge in [0.1, 0.15) is 5.75 Å². The molecule has 0 atom stereocenters. The van der Waals surface area contributed by atoms with Gasteiger partial charge in [-0.3, -0.25) is 4.79 Å². The van der Waals surface area contributed by atoms with Crippen LogP contribution in [0.25, 0.3) is 0 Å². The van der Waals surface area contributed by atoms with E-state index in [9.17, 15) is 9.59 Å². The Bertz CT molecular complexity index is 643. The monoisotopic (exact) mass is 333 g/mol. The summed E-state index contributed by atoms with van der Waals surface area (Å²) >= 11 is 5.78. The molecule has 0 aromatic heterocycles. The Labute approximate surface area is 139 Å². The van der Waals surface area contributed by atoms with Crippen LogP contribution >= 0.6 is 11.6 Å². The predicted molar refractivity (Wildman–Crippen MR) is 86.2 cm³/mol. The highest BCUT2D eigenvalue weighted by Gasteiger charge is 2.08. The van der Waals surface area contributed by atoms with Gasteiger partial charge in [0.15, 0.2) is 13.2 Å². The minimum Gasteiger partial charge on any atom is -0.482 e. The second-order valence-corrected chi connectivity index (χ2v) is 5.10. The van der Waals surface area contributed by atoms with Gasteiger partial charge in [0.05, 0.1) is 0 Å². The number of para-hydroxylation sites is 1. The second-order valence-electron chi connectivity index (χ2n) is 4.67. The van der Waals surface area contributed by atoms with Gasteiger partial charge in [0, 0.05) is 11.6 Å². The van der Waals surface area contributed by atoms with Gasteiger partial charge in [0.2, 0.25) is 0 Å². The first-order valence-electron chi connectivity index (χ1n) is 6.98. The zero-order valence-corrected chi connectivity index (χ0v) is 13.1. The van der Waals surface area contributed by atoms with Crippen LogP contribution in [0.15, 0.2) is 54.6 Å². The van der Waals surface area contributed by atoms with Crippen LogP contribution in [0.5, 0.6) is 5.75 Å². The van der Waals surface area contributed by atoms with Crippen molar-refractivity contribution in [3.8, 4) is 5.75 Å². The lowest BCUT2D eigenvalue weighted by molar-refractivity contribution is -0.150. The Kier molecular flexibility index (Phi) is 6.44. The van der Waals surface area contributed by atoms with Crippen molar-refractivity contribution >= 4 is 23.5 Å². The Balaban J connectivity index is 1.63. The molecule has 0 aliphatic heterocycles. The predicted octanol–water partition coefficient (Wildman–Crippen LogP) is 2.58. The third kappa shape index (κ3) is 6.40. The van der Waals surface area contributed by atoms with Crippen LogP contribution in [0, 0.1) is 0 Å². The van der Waals surface area contributed by atoms with Crippen LogP contribution in [-0.4, -0.2) is 25.1 Å². The molecule has 0 heterocycles. The number of halogens is 1. The van der Waals surface area contributed by atoms with Crippen LogP contribution in [-0.2, 0) is 20.9 Å². The lowest BCUT2D eigenvalue weighted by Crippen LogP contribution is -2.29. The van der Waals surface area contributed by atoms with E-state index in [0.29, 0.717) is 17.3 Å². The van der Waals surface area contributed by atoms with Gasteiger partial charge in [-0.15, -0.1) is 0 Å². The van der Waals surface area contributed by atoms with E-state index in [1.165, 1.54) is 0 Å². The standard InChI is InChI=1S/C17H16ClNO4/c18-14-8-6-13(7-9-14)10-19-16(20)11-23-17(21)12-22-15-4-2-1-3-5-15/h1-9H,10-12H2,(H,19,20). The highest BCUT2D eigenvalue weighted by atomic mass is 35.5. The zero-order valence-electron chi connectivity index (χ0n) is 12.3. The van der Waals surface area contributed by atoms with Crippen molar-refractivity contribution < 1.29 is 19.1 Å². The molecule has 0 spiro atoms. The molecule has 1 N–H and O–H groups in total. The maximum absolute atomic E-state index is 11.6. The molecule has 120 valence electrons. The molecule has 5 nitrogen and oxygen atoms in total. The first-order valence-corrected chi connectivity index (χ1v) is 7.36. The maximum atomic E-state index is 11.6. The molecule has 2 rings (SSSR count). The van der Waals surface area contributed by atoms with Crippen LogP contribution in [0.2, 0.25) is 5.02 Å². The van der Waals surface area contributed by atoms with Crippen molar-refractivity contribution in [3.63, 3.8) is 0 Å². The first kappa shape index (κ1) is 16.8. The third-order valence-electron chi connectivity index (χ3n) is 2.87. The maximum Gasteiger partial charge on any atom is 0.344 e. The Hall–Kier alpha value is -2.53. The van der Waals surface area contributed by atoms with Crippen molar-refractivity contribution in [2.24, 2.45) is 0 Å². The van der Waals surface area contributed by atoms with E-state index < -0.39 is 5.97 Å². The van der Waals surface area contributed by atoms with Crippen molar-refractivity contribution in [2.45, 2.75) is 6.54 Å². The molecule has 0 aliphatic carbocycles. The molecular formula is C17H16ClNO4. The number of ether oxygens (including phenoxy) is 2. The molecule has 0 saturated carbocycles. The number of carbonyl (C=O) groups excluding carboxylic acids is 2. The number of amides is 1. The largest absolute Gasteiger partial charge is 0.482 e. The van der Waals surface area contributed by atoms with Crippen LogP contribution in [0.1, 0.15) is 5.56 Å². The van der Waals surface area contributed by atoms with E-state index in [1.54, 1.807) is 36.4 Å². The molecule has 2 aromatic rings. The quantitative estimate of drug-likeness (QED) is 0.791. The van der Waals surface area contributed by atoms with E-state index in [0.717, 1.165) is 5.56 Å². The van der Waals surface area contributed by atoms with E-state index in [1.807, 2.05) is 18.2 Å². The van der Waals surface area contributed by atoms with Crippen LogP contribution in [0.3, 0.4) is 0 Å². The third-order valence-corrected chi connectivity index (χ3v) is 3.12. The van der Waals surface area contributed by atoms with E-state index in [4.69, 9.17) is 21.1 Å². The molecule has 0 bridgehead atoms. The molecule has 0 unspecified atom stereocenters. The summed E-state index contributed by atoms with van der Waals surface area (Å²) in [5, 5.41) is 3.28. The summed E-state index contributed by atoms with van der Waals surface area (Å²) in [5.74, 6) is -0.417. The van der Waals surface area contributed by atoms with Crippen LogP contribution in [0.4, 0.5) is 0 Å². The minimum absolute atomic E-state index is 0.242. The van der Waals surface area contributed by atoms with Gasteiger partial charge < -0.3 is 14.8 Å². The smallest absolute Gasteiger partial charge is 0.344 e. The lowest BCUT2D eigenvalue weighted by atomic mass is 10.2. The molecule has 0 saturated heterocycles. The van der Waals surface area contributed by atoms with Gasteiger partial charge >= 0.3 is 5.97 Å². The average molecular weight is 334 g/mol. The fourth-order valence-corrected chi connectivity index (χ4v) is 1.83. The summed E-state index contributed by atoms with van der Waals surface area (Å²) in [6.45, 7) is -0.243. The van der Waals surface area contributed by atoms with Gasteiger partial charge in [-0.05, 0) is 29.8 Å². The second kappa shape index (κ2) is 8.80. The SMILES string of the molecule is O=C(COC(=O)COc1ccccc1)NCc1ccc(Cl)cc1. The molecule has 2 aromatic carbocycles. The van der Waals surface area contributed by atoms with Crippen molar-refractivity contribution in [1.29, 1.82) is 0 Å². The topological polar surface area (TPSA) is 64.6 Å². The Morgan fingerprint density at radius 3 is 2.35 bits per heavy atom. The fourth-order valence-electron chi connectivity index (χ4n) is 1.70. The highest BCUT2D eigenvalue weighted by Crippen LogP contribution is 2.09. The van der Waals surface area contributed by atoms with Crippen molar-refractivity contribution in [2.75, 3.05) is 13.2 Å². The van der Waals surface area contributed by atoms with E-state index in [2.05, 4.69) is 5.32 Å². The zero-order chi connectivity index (χ0) is 16.5. The first-order chi connectivity index (χ1) is 11.1. The summed E-state index contributed by atoms with van der Waals surface area (Å²) in [4.78, 5) is 23.1. The summed E-state index contributed by atoms with van der Waals surface area (Å²) < 4.78 is 10.1. The molecule has 0 fully saturated rings. The molecule has 0 radical (unpaired) electrons. The minimum atomic E-state index is -0.601. The number of hydrogen-bond acceptors (Lipinski definition) is 4. The Morgan fingerprint density at radius 1 is 0.957 bits per heavy atom. The van der Waals surface area contributed by atoms with Crippen molar-refractivity contribution in [3.05, 3.63) is 65.2 Å². The molecule has 1 amide bonds. The number of nitrogens with one attached hydrogen (secondary N) is 1. The normalized spacial score (nSPS) is 9.96. The fraction of sp³-hybridized carbons (Fsp3) is 0.176. The lowest BCUT2D eigenvalue weighted by Gasteiger charge is -2.08. The van der Waals surface area contributed by atoms with Gasteiger partial charge in [-0.25, -0.2) is 4.79 Å². The molecule has 6 heteroatoms. The highest BCUT2D eigenvalue weighted by molar-refractivity contribution is 6.30. The summed E-state index contributed by atoms with van der Waals surface area (Å²) in [7, 11) is 0. The van der Waals surface area contributed by atoms with Gasteiger partial charge in [-0.1, -0.05) is 41.9 Å². The number of carbonyl (C=O) groups is 2. The molecular weight excluding hydrogens is 318 g/mol. The summed E-state index contributed by atoms with van der Waals surface area (Å²) in [5.41, 5.74) is 0.904. The average Bonchev–Trinajstić information content (AvgIpc) is 2.58. The van der Waals surface area contributed by atoms with Crippen molar-refractivity contribution in [1.82, 2.24) is 5.32 Å².